The van der Waals surface area contributed by atoms with Crippen LogP contribution in [0.4, 0.5) is 0 Å². The number of likely N-dealkylation sites (N-methyl/N-ethyl adjacent to an activating group) is 1. The van der Waals surface area contributed by atoms with Crippen molar-refractivity contribution in [2.75, 3.05) is 33.9 Å². The van der Waals surface area contributed by atoms with Crippen molar-refractivity contribution in [1.29, 1.82) is 0 Å². The fraction of sp³-hybridized carbons (Fsp3) is 0.538. The van der Waals surface area contributed by atoms with E-state index in [-0.39, 0.29) is 18.4 Å². The van der Waals surface area contributed by atoms with Gasteiger partial charge in [0.25, 0.3) is 5.91 Å². The molecule has 0 aromatic carbocycles. The van der Waals surface area contributed by atoms with Gasteiger partial charge in [-0.2, -0.15) is 0 Å². The second-order valence-electron chi connectivity index (χ2n) is 4.51. The van der Waals surface area contributed by atoms with Crippen molar-refractivity contribution in [3.63, 3.8) is 0 Å². The normalized spacial score (nSPS) is 10.4. The van der Waals surface area contributed by atoms with Gasteiger partial charge in [-0.3, -0.25) is 9.59 Å². The Hall–Kier alpha value is -1.34. The minimum absolute atomic E-state index is 0.0363. The summed E-state index contributed by atoms with van der Waals surface area (Å²) in [5, 5.41) is 2.75. The summed E-state index contributed by atoms with van der Waals surface area (Å²) in [6, 6.07) is 1.73. The average molecular weight is 346 g/mol. The van der Waals surface area contributed by atoms with Crippen LogP contribution in [0.1, 0.15) is 16.9 Å². The van der Waals surface area contributed by atoms with Crippen molar-refractivity contribution in [3.05, 3.63) is 22.4 Å². The topological polar surface area (TPSA) is 63.6 Å². The summed E-state index contributed by atoms with van der Waals surface area (Å²) >= 11 is 3.32. The number of nitrogens with zero attached hydrogens (tertiary/aromatic N) is 2. The van der Waals surface area contributed by atoms with Crippen molar-refractivity contribution in [2.24, 2.45) is 7.05 Å². The summed E-state index contributed by atoms with van der Waals surface area (Å²) in [7, 11) is 5.01. The summed E-state index contributed by atoms with van der Waals surface area (Å²) in [5.74, 6) is -0.365. The molecule has 0 aliphatic carbocycles. The predicted molar refractivity (Wildman–Crippen MR) is 79.6 cm³/mol. The number of amides is 2. The zero-order chi connectivity index (χ0) is 15.1. The van der Waals surface area contributed by atoms with Crippen LogP contribution in [0.25, 0.3) is 0 Å². The van der Waals surface area contributed by atoms with Crippen LogP contribution in [-0.4, -0.2) is 55.1 Å². The van der Waals surface area contributed by atoms with E-state index in [1.807, 2.05) is 0 Å². The first kappa shape index (κ1) is 16.7. The second-order valence-corrected chi connectivity index (χ2v) is 5.43. The van der Waals surface area contributed by atoms with Crippen LogP contribution < -0.4 is 5.32 Å². The number of rotatable bonds is 7. The lowest BCUT2D eigenvalue weighted by atomic mass is 10.3. The molecule has 0 atom stereocenters. The molecule has 0 fully saturated rings. The van der Waals surface area contributed by atoms with E-state index in [9.17, 15) is 9.59 Å². The molecule has 6 nitrogen and oxygen atoms in total. The van der Waals surface area contributed by atoms with Crippen LogP contribution in [0.2, 0.25) is 0 Å². The van der Waals surface area contributed by atoms with Crippen molar-refractivity contribution in [2.45, 2.75) is 6.42 Å². The lowest BCUT2D eigenvalue weighted by molar-refractivity contribution is -0.121. The summed E-state index contributed by atoms with van der Waals surface area (Å²) in [6.45, 7) is 1.19. The molecule has 0 spiro atoms. The summed E-state index contributed by atoms with van der Waals surface area (Å²) in [5.41, 5.74) is 0.534. The SMILES string of the molecule is COCCCNC(=O)CN(C)C(=O)c1cc(Br)cn1C. The highest BCUT2D eigenvalue weighted by Gasteiger charge is 2.17. The number of aryl methyl sites for hydroxylation is 1. The van der Waals surface area contributed by atoms with Gasteiger partial charge in [-0.1, -0.05) is 0 Å². The maximum atomic E-state index is 12.2. The molecular formula is C13H20BrN3O3. The van der Waals surface area contributed by atoms with Crippen molar-refractivity contribution in [3.8, 4) is 0 Å². The molecule has 1 heterocycles. The van der Waals surface area contributed by atoms with E-state index in [0.29, 0.717) is 18.8 Å². The zero-order valence-corrected chi connectivity index (χ0v) is 13.6. The first-order chi connectivity index (χ1) is 9.45. The fourth-order valence-corrected chi connectivity index (χ4v) is 2.24. The third kappa shape index (κ3) is 4.97. The van der Waals surface area contributed by atoms with E-state index in [1.54, 1.807) is 38.0 Å². The van der Waals surface area contributed by atoms with E-state index in [1.165, 1.54) is 4.90 Å². The summed E-state index contributed by atoms with van der Waals surface area (Å²) in [4.78, 5) is 25.3. The van der Waals surface area contributed by atoms with Gasteiger partial charge in [0.05, 0.1) is 6.54 Å². The summed E-state index contributed by atoms with van der Waals surface area (Å²) in [6.07, 6.45) is 2.55. The molecular weight excluding hydrogens is 326 g/mol. The van der Waals surface area contributed by atoms with Crippen molar-refractivity contribution in [1.82, 2.24) is 14.8 Å². The Morgan fingerprint density at radius 2 is 2.20 bits per heavy atom. The molecule has 0 aliphatic heterocycles. The highest BCUT2D eigenvalue weighted by Crippen LogP contribution is 2.14. The third-order valence-electron chi connectivity index (χ3n) is 2.77. The molecule has 1 aromatic heterocycles. The maximum Gasteiger partial charge on any atom is 0.270 e. The fourth-order valence-electron chi connectivity index (χ4n) is 1.72. The van der Waals surface area contributed by atoms with Crippen LogP contribution in [0.15, 0.2) is 16.7 Å². The summed E-state index contributed by atoms with van der Waals surface area (Å²) < 4.78 is 7.45. The van der Waals surface area contributed by atoms with E-state index in [4.69, 9.17) is 4.74 Å². The molecule has 0 unspecified atom stereocenters. The largest absolute Gasteiger partial charge is 0.385 e. The van der Waals surface area contributed by atoms with Crippen LogP contribution in [0, 0.1) is 0 Å². The maximum absolute atomic E-state index is 12.2. The predicted octanol–water partition coefficient (Wildman–Crippen LogP) is 1.01. The van der Waals surface area contributed by atoms with Gasteiger partial charge in [-0.15, -0.1) is 0 Å². The number of methoxy groups -OCH3 is 1. The van der Waals surface area contributed by atoms with Crippen LogP contribution in [-0.2, 0) is 16.6 Å². The quantitative estimate of drug-likeness (QED) is 0.750. The number of carbonyl (C=O) groups excluding carboxylic acids is 2. The van der Waals surface area contributed by atoms with Gasteiger partial charge in [-0.25, -0.2) is 0 Å². The van der Waals surface area contributed by atoms with Gasteiger partial charge < -0.3 is 19.5 Å². The third-order valence-corrected chi connectivity index (χ3v) is 3.20. The number of nitrogens with one attached hydrogen (secondary N) is 1. The van der Waals surface area contributed by atoms with Crippen LogP contribution in [0.5, 0.6) is 0 Å². The molecule has 0 aliphatic rings. The van der Waals surface area contributed by atoms with Gasteiger partial charge in [0.1, 0.15) is 5.69 Å². The van der Waals surface area contributed by atoms with E-state index in [2.05, 4.69) is 21.2 Å². The molecule has 1 rings (SSSR count). The Kier molecular flexibility index (Phi) is 6.74. The van der Waals surface area contributed by atoms with Gasteiger partial charge >= 0.3 is 0 Å². The first-order valence-corrected chi connectivity index (χ1v) is 7.08. The second kappa shape index (κ2) is 8.06. The van der Waals surface area contributed by atoms with Gasteiger partial charge in [0.15, 0.2) is 0 Å². The molecule has 20 heavy (non-hydrogen) atoms. The lowest BCUT2D eigenvalue weighted by Crippen LogP contribution is -2.39. The van der Waals surface area contributed by atoms with Crippen molar-refractivity contribution >= 4 is 27.7 Å². The average Bonchev–Trinajstić information content (AvgIpc) is 2.72. The van der Waals surface area contributed by atoms with Crippen LogP contribution >= 0.6 is 15.9 Å². The zero-order valence-electron chi connectivity index (χ0n) is 12.0. The Bertz CT molecular complexity index is 473. The van der Waals surface area contributed by atoms with E-state index >= 15 is 0 Å². The minimum Gasteiger partial charge on any atom is -0.385 e. The Balaban J connectivity index is 2.45. The number of hydrogen-bond donors (Lipinski definition) is 1. The number of hydrogen-bond acceptors (Lipinski definition) is 3. The van der Waals surface area contributed by atoms with Gasteiger partial charge in [-0.05, 0) is 28.4 Å². The van der Waals surface area contributed by atoms with Crippen LogP contribution in [0.3, 0.4) is 0 Å². The smallest absolute Gasteiger partial charge is 0.270 e. The molecule has 1 aromatic rings. The van der Waals surface area contributed by atoms with Gasteiger partial charge in [0.2, 0.25) is 5.91 Å². The minimum atomic E-state index is -0.190. The lowest BCUT2D eigenvalue weighted by Gasteiger charge is -2.17. The standard InChI is InChI=1S/C13H20BrN3O3/c1-16-8-10(14)7-11(16)13(19)17(2)9-12(18)15-5-4-6-20-3/h7-8H,4-6,9H2,1-3H3,(H,15,18). The number of ether oxygens (including phenoxy) is 1. The Morgan fingerprint density at radius 3 is 2.75 bits per heavy atom. The highest BCUT2D eigenvalue weighted by atomic mass is 79.9. The van der Waals surface area contributed by atoms with E-state index < -0.39 is 0 Å². The van der Waals surface area contributed by atoms with Gasteiger partial charge in [0, 0.05) is 45.0 Å². The highest BCUT2D eigenvalue weighted by molar-refractivity contribution is 9.10. The molecule has 7 heteroatoms. The molecule has 1 N–H and O–H groups in total. The molecule has 0 radical (unpaired) electrons. The Labute approximate surface area is 127 Å². The molecule has 0 saturated heterocycles. The van der Waals surface area contributed by atoms with E-state index in [0.717, 1.165) is 10.9 Å². The molecule has 0 bridgehead atoms. The number of carbonyl (C=O) groups is 2. The number of aromatic nitrogens is 1. The molecule has 0 saturated carbocycles. The molecule has 2 amide bonds. The van der Waals surface area contributed by atoms with Crippen molar-refractivity contribution < 1.29 is 14.3 Å². The Morgan fingerprint density at radius 1 is 1.50 bits per heavy atom. The molecule has 112 valence electrons. The first-order valence-electron chi connectivity index (χ1n) is 6.28. The number of halogens is 1. The monoisotopic (exact) mass is 345 g/mol.